The van der Waals surface area contributed by atoms with E-state index in [0.29, 0.717) is 13.1 Å². The smallest absolute Gasteiger partial charge is 0.308 e. The topological polar surface area (TPSA) is 83.6 Å². The molecule has 1 saturated heterocycles. The maximum Gasteiger partial charge on any atom is 0.308 e. The number of carbonyl (C=O) groups excluding carboxylic acids is 1. The molecule has 0 aromatic carbocycles. The minimum Gasteiger partial charge on any atom is -0.481 e. The molecule has 1 heterocycles. The SMILES string of the molecule is C[C@@H]1CN(C(=O)C2CCC(N)CC2)C[C@H]1C(=O)O. The van der Waals surface area contributed by atoms with Gasteiger partial charge in [0.15, 0.2) is 0 Å². The summed E-state index contributed by atoms with van der Waals surface area (Å²) in [5.74, 6) is -0.942. The van der Waals surface area contributed by atoms with Crippen molar-refractivity contribution in [1.82, 2.24) is 4.90 Å². The Bertz CT molecular complexity index is 337. The summed E-state index contributed by atoms with van der Waals surface area (Å²) in [5.41, 5.74) is 5.83. The van der Waals surface area contributed by atoms with Crippen molar-refractivity contribution >= 4 is 11.9 Å². The summed E-state index contributed by atoms with van der Waals surface area (Å²) in [4.78, 5) is 25.1. The first-order valence-corrected chi connectivity index (χ1v) is 6.76. The highest BCUT2D eigenvalue weighted by atomic mass is 16.4. The zero-order valence-corrected chi connectivity index (χ0v) is 10.8. The van der Waals surface area contributed by atoms with Crippen LogP contribution in [0.15, 0.2) is 0 Å². The summed E-state index contributed by atoms with van der Waals surface area (Å²) in [6.45, 7) is 2.86. The molecule has 102 valence electrons. The van der Waals surface area contributed by atoms with E-state index in [1.165, 1.54) is 0 Å². The van der Waals surface area contributed by atoms with Crippen molar-refractivity contribution < 1.29 is 14.7 Å². The molecule has 0 aromatic heterocycles. The van der Waals surface area contributed by atoms with Gasteiger partial charge in [-0.3, -0.25) is 9.59 Å². The van der Waals surface area contributed by atoms with E-state index in [4.69, 9.17) is 10.8 Å². The summed E-state index contributed by atoms with van der Waals surface area (Å²) >= 11 is 0. The lowest BCUT2D eigenvalue weighted by Crippen LogP contribution is -2.38. The Morgan fingerprint density at radius 3 is 2.28 bits per heavy atom. The molecule has 0 radical (unpaired) electrons. The molecule has 1 saturated carbocycles. The van der Waals surface area contributed by atoms with Crippen LogP contribution in [-0.2, 0) is 9.59 Å². The molecular formula is C13H22N2O3. The molecule has 5 heteroatoms. The molecule has 5 nitrogen and oxygen atoms in total. The molecule has 3 N–H and O–H groups in total. The maximum atomic E-state index is 12.3. The summed E-state index contributed by atoms with van der Waals surface area (Å²) in [7, 11) is 0. The van der Waals surface area contributed by atoms with Gasteiger partial charge in [-0.2, -0.15) is 0 Å². The second kappa shape index (κ2) is 5.26. The molecule has 2 rings (SSSR count). The van der Waals surface area contributed by atoms with Crippen molar-refractivity contribution in [2.45, 2.75) is 38.6 Å². The van der Waals surface area contributed by atoms with Crippen molar-refractivity contribution in [2.24, 2.45) is 23.5 Å². The number of carboxylic acids is 1. The van der Waals surface area contributed by atoms with Crippen molar-refractivity contribution in [1.29, 1.82) is 0 Å². The summed E-state index contributed by atoms with van der Waals surface area (Å²) in [6.07, 6.45) is 3.51. The van der Waals surface area contributed by atoms with Gasteiger partial charge < -0.3 is 15.7 Å². The first-order chi connectivity index (χ1) is 8.49. The van der Waals surface area contributed by atoms with Gasteiger partial charge in [-0.1, -0.05) is 6.92 Å². The minimum absolute atomic E-state index is 0.0531. The number of carboxylic acid groups (broad SMARTS) is 1. The van der Waals surface area contributed by atoms with Gasteiger partial charge in [-0.25, -0.2) is 0 Å². The summed E-state index contributed by atoms with van der Waals surface area (Å²) in [5, 5.41) is 9.07. The third kappa shape index (κ3) is 2.66. The van der Waals surface area contributed by atoms with Gasteiger partial charge in [-0.15, -0.1) is 0 Å². The number of hydrogen-bond donors (Lipinski definition) is 2. The standard InChI is InChI=1S/C13H22N2O3/c1-8-6-15(7-11(8)13(17)18)12(16)9-2-4-10(14)5-3-9/h8-11H,2-7,14H2,1H3,(H,17,18)/t8-,9?,10?,11-/m1/s1. The average Bonchev–Trinajstić information content (AvgIpc) is 2.71. The fourth-order valence-corrected chi connectivity index (χ4v) is 3.09. The molecule has 0 spiro atoms. The van der Waals surface area contributed by atoms with E-state index in [2.05, 4.69) is 0 Å². The number of carbonyl (C=O) groups is 2. The molecule has 0 unspecified atom stereocenters. The molecular weight excluding hydrogens is 232 g/mol. The van der Waals surface area contributed by atoms with Crippen molar-refractivity contribution in [3.63, 3.8) is 0 Å². The van der Waals surface area contributed by atoms with Crippen molar-refractivity contribution in [3.05, 3.63) is 0 Å². The molecule has 2 aliphatic rings. The Morgan fingerprint density at radius 1 is 1.17 bits per heavy atom. The molecule has 1 amide bonds. The van der Waals surface area contributed by atoms with Crippen LogP contribution < -0.4 is 5.73 Å². The largest absolute Gasteiger partial charge is 0.481 e. The van der Waals surface area contributed by atoms with Crippen LogP contribution in [0.1, 0.15) is 32.6 Å². The Morgan fingerprint density at radius 2 is 1.78 bits per heavy atom. The van der Waals surface area contributed by atoms with E-state index < -0.39 is 11.9 Å². The van der Waals surface area contributed by atoms with Crippen LogP contribution in [0.4, 0.5) is 0 Å². The van der Waals surface area contributed by atoms with Gasteiger partial charge in [0.05, 0.1) is 5.92 Å². The zero-order valence-electron chi connectivity index (χ0n) is 10.8. The quantitative estimate of drug-likeness (QED) is 0.759. The van der Waals surface area contributed by atoms with Gasteiger partial charge in [0.2, 0.25) is 5.91 Å². The highest BCUT2D eigenvalue weighted by Crippen LogP contribution is 2.29. The number of amides is 1. The van der Waals surface area contributed by atoms with Crippen LogP contribution in [0.2, 0.25) is 0 Å². The molecule has 2 fully saturated rings. The van der Waals surface area contributed by atoms with Gasteiger partial charge >= 0.3 is 5.97 Å². The first kappa shape index (κ1) is 13.3. The van der Waals surface area contributed by atoms with Gasteiger partial charge in [0.1, 0.15) is 0 Å². The fourth-order valence-electron chi connectivity index (χ4n) is 3.09. The van der Waals surface area contributed by atoms with Crippen LogP contribution in [0.3, 0.4) is 0 Å². The summed E-state index contributed by atoms with van der Waals surface area (Å²) in [6, 6.07) is 0.235. The lowest BCUT2D eigenvalue weighted by atomic mass is 9.85. The second-order valence-electron chi connectivity index (χ2n) is 5.78. The van der Waals surface area contributed by atoms with Crippen LogP contribution in [0.25, 0.3) is 0 Å². The molecule has 2 atom stereocenters. The predicted molar refractivity (Wildman–Crippen MR) is 66.8 cm³/mol. The fraction of sp³-hybridized carbons (Fsp3) is 0.846. The molecule has 1 aliphatic heterocycles. The van der Waals surface area contributed by atoms with E-state index in [0.717, 1.165) is 25.7 Å². The zero-order chi connectivity index (χ0) is 13.3. The van der Waals surface area contributed by atoms with Gasteiger partial charge in [0.25, 0.3) is 0 Å². The highest BCUT2D eigenvalue weighted by Gasteiger charge is 2.39. The second-order valence-corrected chi connectivity index (χ2v) is 5.78. The number of aliphatic carboxylic acids is 1. The molecule has 18 heavy (non-hydrogen) atoms. The van der Waals surface area contributed by atoms with Crippen LogP contribution in [0.5, 0.6) is 0 Å². The number of nitrogens with zero attached hydrogens (tertiary/aromatic N) is 1. The third-order valence-electron chi connectivity index (χ3n) is 4.36. The van der Waals surface area contributed by atoms with Crippen molar-refractivity contribution in [2.75, 3.05) is 13.1 Å². The first-order valence-electron chi connectivity index (χ1n) is 6.76. The Balaban J connectivity index is 1.92. The van der Waals surface area contributed by atoms with Crippen LogP contribution >= 0.6 is 0 Å². The average molecular weight is 254 g/mol. The Labute approximate surface area is 107 Å². The lowest BCUT2D eigenvalue weighted by molar-refractivity contribution is -0.142. The predicted octanol–water partition coefficient (Wildman–Crippen LogP) is 0.683. The third-order valence-corrected chi connectivity index (χ3v) is 4.36. The van der Waals surface area contributed by atoms with Gasteiger partial charge in [0, 0.05) is 25.0 Å². The Kier molecular flexibility index (Phi) is 3.90. The number of hydrogen-bond acceptors (Lipinski definition) is 3. The van der Waals surface area contributed by atoms with E-state index in [9.17, 15) is 9.59 Å². The molecule has 1 aliphatic carbocycles. The van der Waals surface area contributed by atoms with Gasteiger partial charge in [-0.05, 0) is 31.6 Å². The van der Waals surface area contributed by atoms with Crippen LogP contribution in [0, 0.1) is 17.8 Å². The monoisotopic (exact) mass is 254 g/mol. The Hall–Kier alpha value is -1.10. The highest BCUT2D eigenvalue weighted by molar-refractivity contribution is 5.81. The molecule has 0 aromatic rings. The van der Waals surface area contributed by atoms with E-state index >= 15 is 0 Å². The minimum atomic E-state index is -0.788. The van der Waals surface area contributed by atoms with Crippen LogP contribution in [-0.4, -0.2) is 41.0 Å². The number of likely N-dealkylation sites (tertiary alicyclic amines) is 1. The maximum absolute atomic E-state index is 12.3. The normalized spacial score (nSPS) is 36.7. The number of rotatable bonds is 2. The summed E-state index contributed by atoms with van der Waals surface area (Å²) < 4.78 is 0. The van der Waals surface area contributed by atoms with E-state index in [1.807, 2.05) is 6.92 Å². The van der Waals surface area contributed by atoms with Crippen molar-refractivity contribution in [3.8, 4) is 0 Å². The molecule has 0 bridgehead atoms. The number of nitrogens with two attached hydrogens (primary N) is 1. The van der Waals surface area contributed by atoms with E-state index in [1.54, 1.807) is 4.90 Å². The lowest BCUT2D eigenvalue weighted by Gasteiger charge is -2.28. The van der Waals surface area contributed by atoms with E-state index in [-0.39, 0.29) is 23.8 Å².